The second-order valence-electron chi connectivity index (χ2n) is 5.20. The number of aliphatic carboxylic acids is 1. The average molecular weight is 356 g/mol. The summed E-state index contributed by atoms with van der Waals surface area (Å²) in [6.07, 6.45) is 1.80. The fourth-order valence-electron chi connectivity index (χ4n) is 2.68. The van der Waals surface area contributed by atoms with E-state index in [-0.39, 0.29) is 18.2 Å². The highest BCUT2D eigenvalue weighted by Gasteiger charge is 2.27. The molecule has 6 heteroatoms. The highest BCUT2D eigenvalue weighted by Crippen LogP contribution is 2.27. The zero-order valence-corrected chi connectivity index (χ0v) is 13.4. The van der Waals surface area contributed by atoms with Crippen LogP contribution in [-0.2, 0) is 4.79 Å². The van der Waals surface area contributed by atoms with Crippen molar-refractivity contribution < 1.29 is 19.4 Å². The Morgan fingerprint density at radius 1 is 1.48 bits per heavy atom. The quantitative estimate of drug-likeness (QED) is 0.901. The van der Waals surface area contributed by atoms with Gasteiger partial charge in [0.2, 0.25) is 0 Å². The highest BCUT2D eigenvalue weighted by molar-refractivity contribution is 9.10. The maximum Gasteiger partial charge on any atom is 0.303 e. The number of amides is 1. The zero-order chi connectivity index (χ0) is 15.4. The minimum atomic E-state index is -0.810. The summed E-state index contributed by atoms with van der Waals surface area (Å²) in [6, 6.07) is 5.28. The molecule has 0 saturated carbocycles. The van der Waals surface area contributed by atoms with Crippen molar-refractivity contribution >= 4 is 27.8 Å². The second kappa shape index (κ2) is 6.93. The lowest BCUT2D eigenvalue weighted by atomic mass is 9.94. The lowest BCUT2D eigenvalue weighted by Gasteiger charge is -2.32. The van der Waals surface area contributed by atoms with E-state index < -0.39 is 5.97 Å². The molecule has 1 aromatic rings. The molecule has 0 radical (unpaired) electrons. The summed E-state index contributed by atoms with van der Waals surface area (Å²) in [6.45, 7) is 1.15. The smallest absolute Gasteiger partial charge is 0.303 e. The third kappa shape index (κ3) is 3.97. The van der Waals surface area contributed by atoms with Crippen molar-refractivity contribution in [2.24, 2.45) is 5.92 Å². The number of hydrogen-bond acceptors (Lipinski definition) is 3. The molecule has 0 aliphatic carbocycles. The van der Waals surface area contributed by atoms with Crippen LogP contribution in [0.25, 0.3) is 0 Å². The molecule has 2 rings (SSSR count). The molecule has 114 valence electrons. The van der Waals surface area contributed by atoms with Gasteiger partial charge < -0.3 is 14.7 Å². The van der Waals surface area contributed by atoms with Gasteiger partial charge in [-0.3, -0.25) is 9.59 Å². The third-order valence-corrected chi connectivity index (χ3v) is 4.16. The van der Waals surface area contributed by atoms with E-state index in [9.17, 15) is 9.59 Å². The van der Waals surface area contributed by atoms with E-state index in [1.807, 2.05) is 0 Å². The molecule has 1 heterocycles. The number of nitrogens with zero attached hydrogens (tertiary/aromatic N) is 1. The predicted octanol–water partition coefficient (Wildman–Crippen LogP) is 2.78. The van der Waals surface area contributed by atoms with Crippen LogP contribution >= 0.6 is 15.9 Å². The molecule has 1 N–H and O–H groups in total. The van der Waals surface area contributed by atoms with Gasteiger partial charge in [-0.1, -0.05) is 15.9 Å². The van der Waals surface area contributed by atoms with Crippen LogP contribution < -0.4 is 4.74 Å². The molecule has 1 aliphatic heterocycles. The van der Waals surface area contributed by atoms with Gasteiger partial charge in [0.05, 0.1) is 12.7 Å². The number of piperidine rings is 1. The summed E-state index contributed by atoms with van der Waals surface area (Å²) in [5.74, 6) is -0.360. The van der Waals surface area contributed by atoms with Gasteiger partial charge in [0.25, 0.3) is 5.91 Å². The zero-order valence-electron chi connectivity index (χ0n) is 11.8. The lowest BCUT2D eigenvalue weighted by Crippen LogP contribution is -2.40. The van der Waals surface area contributed by atoms with Crippen molar-refractivity contribution in [3.05, 3.63) is 28.2 Å². The molecular weight excluding hydrogens is 338 g/mol. The summed E-state index contributed by atoms with van der Waals surface area (Å²) >= 11 is 3.35. The molecule has 0 spiro atoms. The Labute approximate surface area is 132 Å². The molecule has 1 amide bonds. The fraction of sp³-hybridized carbons (Fsp3) is 0.467. The monoisotopic (exact) mass is 355 g/mol. The molecule has 1 fully saturated rings. The van der Waals surface area contributed by atoms with Crippen LogP contribution in [0.4, 0.5) is 0 Å². The van der Waals surface area contributed by atoms with E-state index in [0.717, 1.165) is 17.3 Å². The number of likely N-dealkylation sites (tertiary alicyclic amines) is 1. The highest BCUT2D eigenvalue weighted by atomic mass is 79.9. The number of carbonyl (C=O) groups is 2. The van der Waals surface area contributed by atoms with E-state index >= 15 is 0 Å². The van der Waals surface area contributed by atoms with Crippen LogP contribution in [0.15, 0.2) is 22.7 Å². The van der Waals surface area contributed by atoms with Gasteiger partial charge in [0, 0.05) is 24.0 Å². The van der Waals surface area contributed by atoms with Gasteiger partial charge in [0.1, 0.15) is 5.75 Å². The van der Waals surface area contributed by atoms with E-state index in [1.54, 1.807) is 23.1 Å². The Morgan fingerprint density at radius 2 is 2.24 bits per heavy atom. The largest absolute Gasteiger partial charge is 0.496 e. The van der Waals surface area contributed by atoms with Crippen LogP contribution in [0.2, 0.25) is 0 Å². The molecular formula is C15H18BrNO4. The summed E-state index contributed by atoms with van der Waals surface area (Å²) in [4.78, 5) is 25.2. The van der Waals surface area contributed by atoms with E-state index in [4.69, 9.17) is 9.84 Å². The molecule has 1 atom stereocenters. The molecule has 0 bridgehead atoms. The first-order chi connectivity index (χ1) is 10.0. The maximum atomic E-state index is 12.6. The first kappa shape index (κ1) is 15.8. The van der Waals surface area contributed by atoms with E-state index in [0.29, 0.717) is 24.4 Å². The van der Waals surface area contributed by atoms with Gasteiger partial charge in [-0.15, -0.1) is 0 Å². The molecule has 1 unspecified atom stereocenters. The van der Waals surface area contributed by atoms with Gasteiger partial charge >= 0.3 is 5.97 Å². The summed E-state index contributed by atoms with van der Waals surface area (Å²) < 4.78 is 6.10. The standard InChI is InChI=1S/C15H18BrNO4/c1-21-13-8-11(16)4-5-12(13)15(20)17-6-2-3-10(9-17)7-14(18)19/h4-5,8,10H,2-3,6-7,9H2,1H3,(H,18,19). The van der Waals surface area contributed by atoms with Crippen molar-refractivity contribution in [3.63, 3.8) is 0 Å². The second-order valence-corrected chi connectivity index (χ2v) is 6.12. The first-order valence-corrected chi connectivity index (χ1v) is 7.65. The molecule has 5 nitrogen and oxygen atoms in total. The average Bonchev–Trinajstić information content (AvgIpc) is 2.46. The van der Waals surface area contributed by atoms with Gasteiger partial charge in [-0.2, -0.15) is 0 Å². The Kier molecular flexibility index (Phi) is 5.22. The van der Waals surface area contributed by atoms with Crippen LogP contribution in [0.3, 0.4) is 0 Å². The van der Waals surface area contributed by atoms with Crippen LogP contribution in [-0.4, -0.2) is 42.1 Å². The van der Waals surface area contributed by atoms with Crippen molar-refractivity contribution in [2.75, 3.05) is 20.2 Å². The van der Waals surface area contributed by atoms with Crippen molar-refractivity contribution in [2.45, 2.75) is 19.3 Å². The van der Waals surface area contributed by atoms with Crippen molar-refractivity contribution in [1.82, 2.24) is 4.90 Å². The third-order valence-electron chi connectivity index (χ3n) is 3.66. The summed E-state index contributed by atoms with van der Waals surface area (Å²) in [5, 5.41) is 8.89. The number of methoxy groups -OCH3 is 1. The molecule has 0 aromatic heterocycles. The summed E-state index contributed by atoms with van der Waals surface area (Å²) in [5.41, 5.74) is 0.511. The fourth-order valence-corrected chi connectivity index (χ4v) is 3.02. The van der Waals surface area contributed by atoms with Crippen LogP contribution in [0, 0.1) is 5.92 Å². The minimum Gasteiger partial charge on any atom is -0.496 e. The van der Waals surface area contributed by atoms with E-state index in [1.165, 1.54) is 7.11 Å². The number of rotatable bonds is 4. The number of benzene rings is 1. The predicted molar refractivity (Wildman–Crippen MR) is 81.6 cm³/mol. The topological polar surface area (TPSA) is 66.8 Å². The van der Waals surface area contributed by atoms with Gasteiger partial charge in [0.15, 0.2) is 0 Å². The number of ether oxygens (including phenoxy) is 1. The Hall–Kier alpha value is -1.56. The number of carbonyl (C=O) groups excluding carboxylic acids is 1. The Morgan fingerprint density at radius 3 is 2.90 bits per heavy atom. The van der Waals surface area contributed by atoms with Crippen LogP contribution in [0.1, 0.15) is 29.6 Å². The van der Waals surface area contributed by atoms with Crippen molar-refractivity contribution in [3.8, 4) is 5.75 Å². The Bertz CT molecular complexity index is 546. The molecule has 1 saturated heterocycles. The SMILES string of the molecule is COc1cc(Br)ccc1C(=O)N1CCCC(CC(=O)O)C1. The van der Waals surface area contributed by atoms with Crippen LogP contribution in [0.5, 0.6) is 5.75 Å². The number of hydrogen-bond donors (Lipinski definition) is 1. The Balaban J connectivity index is 2.14. The lowest BCUT2D eigenvalue weighted by molar-refractivity contribution is -0.138. The van der Waals surface area contributed by atoms with Gasteiger partial charge in [-0.05, 0) is 37.0 Å². The normalized spacial score (nSPS) is 18.4. The molecule has 21 heavy (non-hydrogen) atoms. The van der Waals surface area contributed by atoms with E-state index in [2.05, 4.69) is 15.9 Å². The first-order valence-electron chi connectivity index (χ1n) is 6.86. The minimum absolute atomic E-state index is 0.0293. The molecule has 1 aliphatic rings. The number of carboxylic acid groups (broad SMARTS) is 1. The van der Waals surface area contributed by atoms with Crippen molar-refractivity contribution in [1.29, 1.82) is 0 Å². The maximum absolute atomic E-state index is 12.6. The molecule has 1 aromatic carbocycles. The van der Waals surface area contributed by atoms with Gasteiger partial charge in [-0.25, -0.2) is 0 Å². The number of carboxylic acids is 1. The summed E-state index contributed by atoms with van der Waals surface area (Å²) in [7, 11) is 1.53. The number of halogens is 1.